The molecule has 0 N–H and O–H groups in total. The highest BCUT2D eigenvalue weighted by atomic mass is 32.1. The molecule has 1 atom stereocenters. The van der Waals surface area contributed by atoms with Gasteiger partial charge in [0, 0.05) is 35.7 Å². The molecule has 0 saturated carbocycles. The summed E-state index contributed by atoms with van der Waals surface area (Å²) >= 11 is 1.68. The third kappa shape index (κ3) is 5.09. The third-order valence-corrected chi connectivity index (χ3v) is 7.00. The quantitative estimate of drug-likeness (QED) is 0.263. The van der Waals surface area contributed by atoms with Crippen LogP contribution in [0.4, 0.5) is 5.69 Å². The normalized spacial score (nSPS) is 14.7. The van der Waals surface area contributed by atoms with Crippen LogP contribution in [-0.2, 0) is 11.2 Å². The summed E-state index contributed by atoms with van der Waals surface area (Å²) in [5.41, 5.74) is 2.23. The third-order valence-electron chi connectivity index (χ3n) is 6.01. The fourth-order valence-electron chi connectivity index (χ4n) is 4.27. The van der Waals surface area contributed by atoms with E-state index in [1.807, 2.05) is 34.5 Å². The minimum atomic E-state index is -0.520. The molecule has 1 aromatic heterocycles. The van der Waals surface area contributed by atoms with Crippen LogP contribution in [0.5, 0.6) is 5.75 Å². The molecule has 35 heavy (non-hydrogen) atoms. The summed E-state index contributed by atoms with van der Waals surface area (Å²) in [6, 6.07) is 14.8. The van der Waals surface area contributed by atoms with E-state index in [1.54, 1.807) is 24.5 Å². The minimum absolute atomic E-state index is 0.102. The number of non-ortho nitro benzene ring substituents is 1. The van der Waals surface area contributed by atoms with Gasteiger partial charge in [-0.2, -0.15) is 0 Å². The number of benzene rings is 2. The van der Waals surface area contributed by atoms with Crippen LogP contribution in [0, 0.1) is 10.1 Å². The van der Waals surface area contributed by atoms with Gasteiger partial charge in [0.05, 0.1) is 18.1 Å². The lowest BCUT2D eigenvalue weighted by Crippen LogP contribution is -2.46. The molecule has 2 amide bonds. The molecule has 3 aromatic rings. The first kappa shape index (κ1) is 24.2. The fourth-order valence-corrected chi connectivity index (χ4v) is 5.17. The van der Waals surface area contributed by atoms with Gasteiger partial charge in [0.1, 0.15) is 12.3 Å². The highest BCUT2D eigenvalue weighted by molar-refractivity contribution is 7.10. The standard InChI is InChI=1S/C26H25N3O5S/c1-3-14-27(26(31)19-4-8-20(9-5-19)29(32)33)17-24(30)28-15-12-23-22(13-16-35-23)25(28)18-6-10-21(34-2)11-7-18/h3-11,13,16,25H,1,12,14-15,17H2,2H3. The van der Waals surface area contributed by atoms with Crippen molar-refractivity contribution in [3.63, 3.8) is 0 Å². The van der Waals surface area contributed by atoms with Gasteiger partial charge >= 0.3 is 0 Å². The molecule has 180 valence electrons. The Kier molecular flexibility index (Phi) is 7.26. The Morgan fingerprint density at radius 3 is 2.54 bits per heavy atom. The number of carbonyl (C=O) groups is 2. The summed E-state index contributed by atoms with van der Waals surface area (Å²) in [5, 5.41) is 13.0. The van der Waals surface area contributed by atoms with Gasteiger partial charge in [-0.1, -0.05) is 18.2 Å². The second-order valence-corrected chi connectivity index (χ2v) is 9.09. The Labute approximate surface area is 207 Å². The predicted molar refractivity (Wildman–Crippen MR) is 134 cm³/mol. The van der Waals surface area contributed by atoms with Crippen molar-refractivity contribution in [3.8, 4) is 5.75 Å². The van der Waals surface area contributed by atoms with Gasteiger partial charge < -0.3 is 14.5 Å². The second-order valence-electron chi connectivity index (χ2n) is 8.09. The summed E-state index contributed by atoms with van der Waals surface area (Å²) < 4.78 is 5.28. The second kappa shape index (κ2) is 10.5. The molecule has 0 aliphatic carbocycles. The summed E-state index contributed by atoms with van der Waals surface area (Å²) in [6.07, 6.45) is 2.31. The molecule has 1 aliphatic heterocycles. The monoisotopic (exact) mass is 491 g/mol. The van der Waals surface area contributed by atoms with Crippen LogP contribution < -0.4 is 4.74 Å². The summed E-state index contributed by atoms with van der Waals surface area (Å²) in [5.74, 6) is 0.168. The van der Waals surface area contributed by atoms with E-state index in [1.165, 1.54) is 34.0 Å². The molecule has 0 saturated heterocycles. The number of hydrogen-bond donors (Lipinski definition) is 0. The Morgan fingerprint density at radius 1 is 1.20 bits per heavy atom. The molecule has 0 fully saturated rings. The first-order chi connectivity index (χ1) is 16.9. The number of hydrogen-bond acceptors (Lipinski definition) is 6. The molecule has 9 heteroatoms. The molecule has 8 nitrogen and oxygen atoms in total. The number of nitro benzene ring substituents is 1. The van der Waals surface area contributed by atoms with E-state index >= 15 is 0 Å². The van der Waals surface area contributed by atoms with Crippen LogP contribution in [0.2, 0.25) is 0 Å². The van der Waals surface area contributed by atoms with Gasteiger partial charge in [-0.05, 0) is 53.3 Å². The number of nitrogens with zero attached hydrogens (tertiary/aromatic N) is 3. The largest absolute Gasteiger partial charge is 0.497 e. The Balaban J connectivity index is 1.59. The molecule has 0 spiro atoms. The van der Waals surface area contributed by atoms with E-state index < -0.39 is 4.92 Å². The van der Waals surface area contributed by atoms with Crippen LogP contribution in [0.1, 0.15) is 32.4 Å². The smallest absolute Gasteiger partial charge is 0.269 e. The molecular formula is C26H25N3O5S. The van der Waals surface area contributed by atoms with Gasteiger partial charge in [0.2, 0.25) is 5.91 Å². The topological polar surface area (TPSA) is 93.0 Å². The number of carbonyl (C=O) groups excluding carboxylic acids is 2. The summed E-state index contributed by atoms with van der Waals surface area (Å²) in [6.45, 7) is 4.30. The maximum absolute atomic E-state index is 13.6. The highest BCUT2D eigenvalue weighted by Crippen LogP contribution is 2.38. The first-order valence-corrected chi connectivity index (χ1v) is 11.9. The lowest BCUT2D eigenvalue weighted by Gasteiger charge is -2.37. The molecule has 2 heterocycles. The van der Waals surface area contributed by atoms with Crippen LogP contribution >= 0.6 is 11.3 Å². The highest BCUT2D eigenvalue weighted by Gasteiger charge is 2.34. The Hall–Kier alpha value is -3.98. The number of ether oxygens (including phenoxy) is 1. The maximum atomic E-state index is 13.6. The van der Waals surface area contributed by atoms with Crippen molar-refractivity contribution in [2.45, 2.75) is 12.5 Å². The molecule has 0 bridgehead atoms. The van der Waals surface area contributed by atoms with Crippen molar-refractivity contribution in [2.24, 2.45) is 0 Å². The van der Waals surface area contributed by atoms with Crippen molar-refractivity contribution in [1.29, 1.82) is 0 Å². The maximum Gasteiger partial charge on any atom is 0.269 e. The van der Waals surface area contributed by atoms with Crippen LogP contribution in [0.15, 0.2) is 72.6 Å². The Bertz CT molecular complexity index is 1240. The number of amides is 2. The zero-order valence-corrected chi connectivity index (χ0v) is 20.1. The molecular weight excluding hydrogens is 466 g/mol. The SMILES string of the molecule is C=CCN(CC(=O)N1CCc2sccc2C1c1ccc(OC)cc1)C(=O)c1ccc([N+](=O)[O-])cc1. The molecule has 4 rings (SSSR count). The number of nitro groups is 1. The predicted octanol–water partition coefficient (Wildman–Crippen LogP) is 4.47. The average molecular weight is 492 g/mol. The van der Waals surface area contributed by atoms with Crippen LogP contribution in [0.3, 0.4) is 0 Å². The van der Waals surface area contributed by atoms with Crippen molar-refractivity contribution in [1.82, 2.24) is 9.80 Å². The van der Waals surface area contributed by atoms with Gasteiger partial charge in [-0.3, -0.25) is 19.7 Å². The van der Waals surface area contributed by atoms with Crippen molar-refractivity contribution < 1.29 is 19.2 Å². The fraction of sp³-hybridized carbons (Fsp3) is 0.231. The van der Waals surface area contributed by atoms with Gasteiger partial charge in [0.25, 0.3) is 11.6 Å². The van der Waals surface area contributed by atoms with Gasteiger partial charge in [-0.25, -0.2) is 0 Å². The molecule has 1 unspecified atom stereocenters. The van der Waals surface area contributed by atoms with E-state index in [2.05, 4.69) is 12.6 Å². The zero-order chi connectivity index (χ0) is 24.9. The van der Waals surface area contributed by atoms with Crippen molar-refractivity contribution >= 4 is 28.8 Å². The summed E-state index contributed by atoms with van der Waals surface area (Å²) in [4.78, 5) is 41.6. The minimum Gasteiger partial charge on any atom is -0.497 e. The lowest BCUT2D eigenvalue weighted by molar-refractivity contribution is -0.384. The lowest BCUT2D eigenvalue weighted by atomic mass is 9.93. The van der Waals surface area contributed by atoms with Crippen LogP contribution in [0.25, 0.3) is 0 Å². The number of rotatable bonds is 8. The van der Waals surface area contributed by atoms with Crippen molar-refractivity contribution in [3.05, 3.63) is 104 Å². The molecule has 2 aromatic carbocycles. The van der Waals surface area contributed by atoms with Crippen LogP contribution in [-0.4, -0.2) is 53.3 Å². The van der Waals surface area contributed by atoms with Gasteiger partial charge in [-0.15, -0.1) is 17.9 Å². The van der Waals surface area contributed by atoms with E-state index in [0.717, 1.165) is 23.3 Å². The molecule has 1 aliphatic rings. The zero-order valence-electron chi connectivity index (χ0n) is 19.3. The summed E-state index contributed by atoms with van der Waals surface area (Å²) in [7, 11) is 1.61. The first-order valence-electron chi connectivity index (χ1n) is 11.1. The number of methoxy groups -OCH3 is 1. The number of thiophene rings is 1. The van der Waals surface area contributed by atoms with E-state index in [0.29, 0.717) is 6.54 Å². The van der Waals surface area contributed by atoms with E-state index in [4.69, 9.17) is 4.74 Å². The van der Waals surface area contributed by atoms with E-state index in [-0.39, 0.29) is 42.2 Å². The van der Waals surface area contributed by atoms with E-state index in [9.17, 15) is 19.7 Å². The number of fused-ring (bicyclic) bond motifs is 1. The van der Waals surface area contributed by atoms with Gasteiger partial charge in [0.15, 0.2) is 0 Å². The molecule has 0 radical (unpaired) electrons. The average Bonchev–Trinajstić information content (AvgIpc) is 3.36. The Morgan fingerprint density at radius 2 is 1.91 bits per heavy atom. The van der Waals surface area contributed by atoms with Crippen molar-refractivity contribution in [2.75, 3.05) is 26.7 Å².